The second-order valence-electron chi connectivity index (χ2n) is 7.21. The van der Waals surface area contributed by atoms with Gasteiger partial charge in [-0.25, -0.2) is 0 Å². The largest absolute Gasteiger partial charge is 0.490 e. The number of rotatable bonds is 8. The highest BCUT2D eigenvalue weighted by molar-refractivity contribution is 6.32. The third-order valence-electron chi connectivity index (χ3n) is 4.77. The summed E-state index contributed by atoms with van der Waals surface area (Å²) < 4.78 is 11.4. The minimum Gasteiger partial charge on any atom is -0.490 e. The number of nitriles is 1. The average Bonchev–Trinajstić information content (AvgIpc) is 2.67. The van der Waals surface area contributed by atoms with E-state index in [0.717, 1.165) is 6.42 Å². The highest BCUT2D eigenvalue weighted by Crippen LogP contribution is 2.37. The third-order valence-corrected chi connectivity index (χ3v) is 5.05. The van der Waals surface area contributed by atoms with E-state index in [1.807, 2.05) is 27.7 Å². The standard InChI is InChI=1S/C21H30ClN3O3/c1-5-11-28-20-17(22)12-16(13-19(20)27-6-2)21(26)25-9-7-24(8-10-25)18(14-23)15(3)4/h12-13,15,18H,5-11H2,1-4H3. The SMILES string of the molecule is CCCOc1c(Cl)cc(C(=O)N2CCN(C(C#N)C(C)C)CC2)cc1OCC. The van der Waals surface area contributed by atoms with Gasteiger partial charge in [0.1, 0.15) is 6.04 Å². The van der Waals surface area contributed by atoms with Crippen LogP contribution in [0.5, 0.6) is 11.5 Å². The van der Waals surface area contributed by atoms with Crippen molar-refractivity contribution in [2.45, 2.75) is 40.2 Å². The van der Waals surface area contributed by atoms with Crippen molar-refractivity contribution in [2.75, 3.05) is 39.4 Å². The fourth-order valence-electron chi connectivity index (χ4n) is 3.34. The van der Waals surface area contributed by atoms with Crippen molar-refractivity contribution in [3.8, 4) is 17.6 Å². The molecule has 1 unspecified atom stereocenters. The van der Waals surface area contributed by atoms with Crippen molar-refractivity contribution in [1.82, 2.24) is 9.80 Å². The molecule has 1 saturated heterocycles. The first-order valence-corrected chi connectivity index (χ1v) is 10.3. The molecule has 0 aromatic heterocycles. The molecule has 2 rings (SSSR count). The molecule has 0 bridgehead atoms. The number of amides is 1. The molecule has 7 heteroatoms. The predicted molar refractivity (Wildman–Crippen MR) is 110 cm³/mol. The summed E-state index contributed by atoms with van der Waals surface area (Å²) in [6.07, 6.45) is 0.854. The summed E-state index contributed by atoms with van der Waals surface area (Å²) in [5.74, 6) is 1.16. The smallest absolute Gasteiger partial charge is 0.254 e. The van der Waals surface area contributed by atoms with E-state index in [1.165, 1.54) is 0 Å². The molecule has 0 saturated carbocycles. The number of ether oxygens (including phenoxy) is 2. The lowest BCUT2D eigenvalue weighted by Crippen LogP contribution is -2.52. The number of carbonyl (C=O) groups excluding carboxylic acids is 1. The lowest BCUT2D eigenvalue weighted by Gasteiger charge is -2.38. The number of piperazine rings is 1. The molecular weight excluding hydrogens is 378 g/mol. The molecule has 1 aliphatic rings. The average molecular weight is 408 g/mol. The lowest BCUT2D eigenvalue weighted by atomic mass is 10.0. The Labute approximate surface area is 173 Å². The Morgan fingerprint density at radius 2 is 1.89 bits per heavy atom. The molecule has 1 aromatic carbocycles. The van der Waals surface area contributed by atoms with Gasteiger partial charge in [-0.05, 0) is 31.4 Å². The molecule has 1 heterocycles. The van der Waals surface area contributed by atoms with Crippen molar-refractivity contribution < 1.29 is 14.3 Å². The van der Waals surface area contributed by atoms with Crippen LogP contribution in [0.25, 0.3) is 0 Å². The number of hydrogen-bond donors (Lipinski definition) is 0. The molecule has 0 radical (unpaired) electrons. The van der Waals surface area contributed by atoms with Gasteiger partial charge in [0.2, 0.25) is 0 Å². The molecule has 28 heavy (non-hydrogen) atoms. The highest BCUT2D eigenvalue weighted by Gasteiger charge is 2.29. The van der Waals surface area contributed by atoms with Crippen LogP contribution < -0.4 is 9.47 Å². The van der Waals surface area contributed by atoms with Crippen LogP contribution in [0.1, 0.15) is 44.5 Å². The van der Waals surface area contributed by atoms with Gasteiger partial charge < -0.3 is 14.4 Å². The van der Waals surface area contributed by atoms with E-state index < -0.39 is 0 Å². The van der Waals surface area contributed by atoms with Crippen LogP contribution in [0.4, 0.5) is 0 Å². The molecule has 1 amide bonds. The van der Waals surface area contributed by atoms with Crippen LogP contribution in [0, 0.1) is 17.2 Å². The Morgan fingerprint density at radius 3 is 2.43 bits per heavy atom. The topological polar surface area (TPSA) is 65.8 Å². The Bertz CT molecular complexity index is 710. The van der Waals surface area contributed by atoms with Crippen LogP contribution in [-0.4, -0.2) is 61.1 Å². The number of halogens is 1. The van der Waals surface area contributed by atoms with Crippen molar-refractivity contribution in [2.24, 2.45) is 5.92 Å². The maximum absolute atomic E-state index is 13.0. The van der Waals surface area contributed by atoms with E-state index in [1.54, 1.807) is 17.0 Å². The fourth-order valence-corrected chi connectivity index (χ4v) is 3.60. The van der Waals surface area contributed by atoms with Gasteiger partial charge in [0, 0.05) is 31.7 Å². The van der Waals surface area contributed by atoms with E-state index in [9.17, 15) is 10.1 Å². The van der Waals surface area contributed by atoms with Crippen molar-refractivity contribution in [1.29, 1.82) is 5.26 Å². The molecule has 1 aliphatic heterocycles. The summed E-state index contributed by atoms with van der Waals surface area (Å²) >= 11 is 6.39. The van der Waals surface area contributed by atoms with Crippen molar-refractivity contribution >= 4 is 17.5 Å². The molecule has 0 N–H and O–H groups in total. The summed E-state index contributed by atoms with van der Waals surface area (Å²) in [6, 6.07) is 5.61. The molecule has 1 atom stereocenters. The maximum atomic E-state index is 13.0. The summed E-state index contributed by atoms with van der Waals surface area (Å²) in [5.41, 5.74) is 0.492. The van der Waals surface area contributed by atoms with E-state index in [0.29, 0.717) is 61.5 Å². The Morgan fingerprint density at radius 1 is 1.21 bits per heavy atom. The first-order chi connectivity index (χ1) is 13.4. The number of hydrogen-bond acceptors (Lipinski definition) is 5. The van der Waals surface area contributed by atoms with E-state index in [-0.39, 0.29) is 17.9 Å². The zero-order chi connectivity index (χ0) is 20.7. The fraction of sp³-hybridized carbons (Fsp3) is 0.619. The summed E-state index contributed by atoms with van der Waals surface area (Å²) in [7, 11) is 0. The van der Waals surface area contributed by atoms with Gasteiger partial charge in [-0.3, -0.25) is 9.69 Å². The summed E-state index contributed by atoms with van der Waals surface area (Å²) in [6.45, 7) is 11.5. The minimum atomic E-state index is -0.119. The van der Waals surface area contributed by atoms with Gasteiger partial charge in [-0.2, -0.15) is 5.26 Å². The number of carbonyl (C=O) groups is 1. The van der Waals surface area contributed by atoms with Crippen molar-refractivity contribution in [3.63, 3.8) is 0 Å². The monoisotopic (exact) mass is 407 g/mol. The van der Waals surface area contributed by atoms with Gasteiger partial charge >= 0.3 is 0 Å². The van der Waals surface area contributed by atoms with E-state index >= 15 is 0 Å². The molecule has 1 fully saturated rings. The van der Waals surface area contributed by atoms with Crippen molar-refractivity contribution in [3.05, 3.63) is 22.7 Å². The zero-order valence-corrected chi connectivity index (χ0v) is 18.0. The minimum absolute atomic E-state index is 0.0809. The van der Waals surface area contributed by atoms with Crippen LogP contribution >= 0.6 is 11.6 Å². The second kappa shape index (κ2) is 10.5. The Balaban J connectivity index is 2.13. The van der Waals surface area contributed by atoms with Gasteiger partial charge in [-0.15, -0.1) is 0 Å². The molecular formula is C21H30ClN3O3. The summed E-state index contributed by atoms with van der Waals surface area (Å²) in [5, 5.41) is 9.77. The van der Waals surface area contributed by atoms with Gasteiger partial charge in [0.05, 0.1) is 24.3 Å². The first-order valence-electron chi connectivity index (χ1n) is 9.94. The van der Waals surface area contributed by atoms with E-state index in [2.05, 4.69) is 11.0 Å². The van der Waals surface area contributed by atoms with E-state index in [4.69, 9.17) is 21.1 Å². The van der Waals surface area contributed by atoms with Crippen LogP contribution in [0.3, 0.4) is 0 Å². The maximum Gasteiger partial charge on any atom is 0.254 e. The quantitative estimate of drug-likeness (QED) is 0.655. The van der Waals surface area contributed by atoms with Gasteiger partial charge in [0.25, 0.3) is 5.91 Å². The second-order valence-corrected chi connectivity index (χ2v) is 7.62. The van der Waals surface area contributed by atoms with Crippen LogP contribution in [0.15, 0.2) is 12.1 Å². The Hall–Kier alpha value is -1.97. The number of benzene rings is 1. The third kappa shape index (κ3) is 5.30. The first kappa shape index (κ1) is 22.3. The van der Waals surface area contributed by atoms with Gasteiger partial charge in [0.15, 0.2) is 11.5 Å². The van der Waals surface area contributed by atoms with Crippen LogP contribution in [-0.2, 0) is 0 Å². The predicted octanol–water partition coefficient (Wildman–Crippen LogP) is 3.83. The number of nitrogens with zero attached hydrogens (tertiary/aromatic N) is 3. The highest BCUT2D eigenvalue weighted by atomic mass is 35.5. The lowest BCUT2D eigenvalue weighted by molar-refractivity contribution is 0.0576. The zero-order valence-electron chi connectivity index (χ0n) is 17.2. The van der Waals surface area contributed by atoms with Gasteiger partial charge in [-0.1, -0.05) is 32.4 Å². The molecule has 0 aliphatic carbocycles. The summed E-state index contributed by atoms with van der Waals surface area (Å²) in [4.78, 5) is 17.0. The molecule has 0 spiro atoms. The normalized spacial score (nSPS) is 16.0. The molecule has 6 nitrogen and oxygen atoms in total. The molecule has 1 aromatic rings. The van der Waals surface area contributed by atoms with Crippen LogP contribution in [0.2, 0.25) is 5.02 Å². The molecule has 154 valence electrons. The Kier molecular flexibility index (Phi) is 8.40.